The minimum absolute atomic E-state index is 0.0576. The number of hydrogen-bond acceptors (Lipinski definition) is 11. The first-order chi connectivity index (χ1) is 23.3. The van der Waals surface area contributed by atoms with E-state index in [0.29, 0.717) is 12.1 Å². The fraction of sp³-hybridized carbons (Fsp3) is 0.586. The molecule has 0 radical (unpaired) electrons. The normalized spacial score (nSPS) is 15.2. The smallest absolute Gasteiger partial charge is 0.326 e. The lowest BCUT2D eigenvalue weighted by Crippen LogP contribution is -2.61. The highest BCUT2D eigenvalue weighted by Gasteiger charge is 2.36. The van der Waals surface area contributed by atoms with Crippen LogP contribution in [0, 0.1) is 11.8 Å². The van der Waals surface area contributed by atoms with Gasteiger partial charge in [-0.05, 0) is 11.8 Å². The van der Waals surface area contributed by atoms with Crippen molar-refractivity contribution in [1.82, 2.24) is 36.6 Å². The van der Waals surface area contributed by atoms with E-state index in [0.717, 1.165) is 0 Å². The Bertz CT molecular complexity index is 1400. The van der Waals surface area contributed by atoms with Gasteiger partial charge in [-0.15, -0.1) is 0 Å². The van der Waals surface area contributed by atoms with E-state index < -0.39 is 121 Å². The molecule has 1 aromatic heterocycles. The summed E-state index contributed by atoms with van der Waals surface area (Å²) < 4.78 is 0. The number of carbonyl (C=O) groups excluding carboxylic acids is 5. The zero-order valence-electron chi connectivity index (χ0n) is 27.8. The molecule has 0 saturated heterocycles. The molecule has 0 aliphatic rings. The highest BCUT2D eigenvalue weighted by molar-refractivity contribution is 5.98. The first-order valence-electron chi connectivity index (χ1n) is 15.4. The molecule has 0 aliphatic carbocycles. The molecular weight excluding hydrogens is 668 g/mol. The Balaban J connectivity index is 3.19. The van der Waals surface area contributed by atoms with Gasteiger partial charge in [-0.25, -0.2) is 9.78 Å². The molecule has 7 atom stereocenters. The largest absolute Gasteiger partial charge is 0.481 e. The Labute approximate surface area is 285 Å². The summed E-state index contributed by atoms with van der Waals surface area (Å²) >= 11 is 0. The van der Waals surface area contributed by atoms with Gasteiger partial charge >= 0.3 is 23.9 Å². The maximum Gasteiger partial charge on any atom is 0.326 e. The number of nitrogens with two attached hydrogens (primary N) is 1. The van der Waals surface area contributed by atoms with Crippen molar-refractivity contribution < 1.29 is 63.6 Å². The molecule has 1 aromatic rings. The standard InChI is InChI=1S/C29H44N8O13/c1-5-13(4)23(28(48)35-18(29(49)50)9-21(42)43)37-27(47)22(12(2)3)36-26(46)17(8-20(40)41)34-25(45)16(7-19(38)39)33-24(44)15(30)6-14-10-31-11-32-14/h10-13,15-18,22-23H,5-9,30H2,1-4H3,(H,31,32)(H,33,44)(H,34,45)(H,35,48)(H,36,46)(H,37,47)(H,38,39)(H,40,41)(H,42,43)(H,49,50)/t13-,15-,16-,17-,18-,22-,23-/m0/s1. The lowest BCUT2D eigenvalue weighted by atomic mass is 9.96. The molecule has 1 rings (SSSR count). The molecule has 12 N–H and O–H groups in total. The fourth-order valence-electron chi connectivity index (χ4n) is 4.41. The first kappa shape index (κ1) is 42.4. The molecule has 0 spiro atoms. The van der Waals surface area contributed by atoms with Gasteiger partial charge in [0.1, 0.15) is 30.2 Å². The molecule has 0 fully saturated rings. The van der Waals surface area contributed by atoms with Gasteiger partial charge in [-0.2, -0.15) is 0 Å². The van der Waals surface area contributed by atoms with Gasteiger partial charge < -0.3 is 57.7 Å². The van der Waals surface area contributed by atoms with Crippen LogP contribution in [-0.4, -0.2) is 120 Å². The fourth-order valence-corrected chi connectivity index (χ4v) is 4.41. The summed E-state index contributed by atoms with van der Waals surface area (Å²) in [5.41, 5.74) is 6.32. The predicted molar refractivity (Wildman–Crippen MR) is 169 cm³/mol. The van der Waals surface area contributed by atoms with Crippen LogP contribution in [-0.2, 0) is 49.6 Å². The van der Waals surface area contributed by atoms with Crippen LogP contribution in [0.2, 0.25) is 0 Å². The summed E-state index contributed by atoms with van der Waals surface area (Å²) in [6, 6.07) is -9.61. The molecule has 0 aliphatic heterocycles. The molecule has 0 saturated carbocycles. The number of carboxylic acid groups (broad SMARTS) is 4. The van der Waals surface area contributed by atoms with Gasteiger partial charge in [0.15, 0.2) is 0 Å². The van der Waals surface area contributed by atoms with Gasteiger partial charge in [-0.1, -0.05) is 34.1 Å². The number of imidazole rings is 1. The third kappa shape index (κ3) is 14.3. The minimum atomic E-state index is -1.89. The number of nitrogens with one attached hydrogen (secondary N) is 6. The minimum Gasteiger partial charge on any atom is -0.481 e. The molecule has 1 heterocycles. The van der Waals surface area contributed by atoms with Crippen molar-refractivity contribution in [2.45, 2.75) is 96.1 Å². The van der Waals surface area contributed by atoms with E-state index in [2.05, 4.69) is 36.6 Å². The molecule has 0 bridgehead atoms. The van der Waals surface area contributed by atoms with Crippen LogP contribution in [0.4, 0.5) is 0 Å². The highest BCUT2D eigenvalue weighted by Crippen LogP contribution is 2.12. The van der Waals surface area contributed by atoms with Gasteiger partial charge in [0.25, 0.3) is 0 Å². The number of nitrogens with zero attached hydrogens (tertiary/aromatic N) is 1. The van der Waals surface area contributed by atoms with Gasteiger partial charge in [0, 0.05) is 18.3 Å². The summed E-state index contributed by atoms with van der Waals surface area (Å²) in [5, 5.41) is 48.1. The molecule has 0 aromatic carbocycles. The van der Waals surface area contributed by atoms with Crippen molar-refractivity contribution in [1.29, 1.82) is 0 Å². The van der Waals surface area contributed by atoms with Gasteiger partial charge in [0.2, 0.25) is 29.5 Å². The van der Waals surface area contributed by atoms with Crippen molar-refractivity contribution in [3.63, 3.8) is 0 Å². The van der Waals surface area contributed by atoms with E-state index in [-0.39, 0.29) is 6.42 Å². The average Bonchev–Trinajstić information content (AvgIpc) is 3.52. The number of carboxylic acids is 4. The summed E-state index contributed by atoms with van der Waals surface area (Å²) in [7, 11) is 0. The third-order valence-electron chi connectivity index (χ3n) is 7.39. The second kappa shape index (κ2) is 20.0. The van der Waals surface area contributed by atoms with Crippen molar-refractivity contribution >= 4 is 53.4 Å². The zero-order chi connectivity index (χ0) is 38.3. The van der Waals surface area contributed by atoms with Crippen LogP contribution < -0.4 is 32.3 Å². The molecule has 5 amide bonds. The predicted octanol–water partition coefficient (Wildman–Crippen LogP) is -3.09. The van der Waals surface area contributed by atoms with Crippen LogP contribution in [0.1, 0.15) is 59.1 Å². The summed E-state index contributed by atoms with van der Waals surface area (Å²) in [5.74, 6) is -12.9. The third-order valence-corrected chi connectivity index (χ3v) is 7.39. The Morgan fingerprint density at radius 2 is 1.12 bits per heavy atom. The van der Waals surface area contributed by atoms with Crippen molar-refractivity contribution in [3.05, 3.63) is 18.2 Å². The van der Waals surface area contributed by atoms with E-state index in [4.69, 9.17) is 10.8 Å². The number of amides is 5. The second-order valence-corrected chi connectivity index (χ2v) is 11.8. The Kier molecular flexibility index (Phi) is 17.0. The lowest BCUT2D eigenvalue weighted by Gasteiger charge is -2.29. The van der Waals surface area contributed by atoms with Crippen LogP contribution >= 0.6 is 0 Å². The second-order valence-electron chi connectivity index (χ2n) is 11.8. The summed E-state index contributed by atoms with van der Waals surface area (Å²) in [6.45, 7) is 6.20. The van der Waals surface area contributed by atoms with Crippen LogP contribution in [0.25, 0.3) is 0 Å². The Morgan fingerprint density at radius 3 is 1.56 bits per heavy atom. The SMILES string of the molecule is CC[C@H](C)[C@H](NC(=O)[C@@H](NC(=O)[C@H](CC(=O)O)NC(=O)[C@H](CC(=O)O)NC(=O)[C@@H](N)Cc1cnc[nH]1)C(C)C)C(=O)N[C@@H](CC(=O)O)C(=O)O. The highest BCUT2D eigenvalue weighted by atomic mass is 16.4. The van der Waals surface area contributed by atoms with Crippen LogP contribution in [0.5, 0.6) is 0 Å². The van der Waals surface area contributed by atoms with E-state index in [9.17, 15) is 58.5 Å². The number of aromatic amines is 1. The van der Waals surface area contributed by atoms with Crippen LogP contribution in [0.3, 0.4) is 0 Å². The number of aliphatic carboxylic acids is 4. The van der Waals surface area contributed by atoms with Crippen molar-refractivity contribution in [2.75, 3.05) is 0 Å². The Morgan fingerprint density at radius 1 is 0.680 bits per heavy atom. The molecule has 278 valence electrons. The molecule has 21 heteroatoms. The first-order valence-corrected chi connectivity index (χ1v) is 15.4. The van der Waals surface area contributed by atoms with Gasteiger partial charge in [-0.3, -0.25) is 38.4 Å². The molecule has 50 heavy (non-hydrogen) atoms. The lowest BCUT2D eigenvalue weighted by molar-refractivity contribution is -0.147. The van der Waals surface area contributed by atoms with Crippen molar-refractivity contribution in [2.24, 2.45) is 17.6 Å². The topological polar surface area (TPSA) is 349 Å². The summed E-state index contributed by atoms with van der Waals surface area (Å²) in [4.78, 5) is 118. The number of hydrogen-bond donors (Lipinski definition) is 11. The van der Waals surface area contributed by atoms with E-state index in [1.165, 1.54) is 26.4 Å². The number of rotatable bonds is 22. The number of aromatic nitrogens is 2. The molecular formula is C29H44N8O13. The molecule has 21 nitrogen and oxygen atoms in total. The van der Waals surface area contributed by atoms with E-state index >= 15 is 0 Å². The zero-order valence-corrected chi connectivity index (χ0v) is 27.8. The van der Waals surface area contributed by atoms with E-state index in [1.54, 1.807) is 13.8 Å². The van der Waals surface area contributed by atoms with Crippen molar-refractivity contribution in [3.8, 4) is 0 Å². The van der Waals surface area contributed by atoms with Gasteiger partial charge in [0.05, 0.1) is 31.6 Å². The number of H-pyrrole nitrogens is 1. The maximum absolute atomic E-state index is 13.4. The number of carbonyl (C=O) groups is 9. The van der Waals surface area contributed by atoms with Crippen LogP contribution in [0.15, 0.2) is 12.5 Å². The Hall–Kier alpha value is -5.60. The summed E-state index contributed by atoms with van der Waals surface area (Å²) in [6.07, 6.45) is 0.0182. The van der Waals surface area contributed by atoms with E-state index in [1.807, 2.05) is 0 Å². The quantitative estimate of drug-likeness (QED) is 0.0567. The monoisotopic (exact) mass is 712 g/mol. The average molecular weight is 713 g/mol. The molecule has 0 unspecified atom stereocenters. The maximum atomic E-state index is 13.4.